The third-order valence-corrected chi connectivity index (χ3v) is 3.22. The quantitative estimate of drug-likeness (QED) is 0.390. The van der Waals surface area contributed by atoms with Crippen LogP contribution in [0.15, 0.2) is 48.8 Å². The van der Waals surface area contributed by atoms with Crippen LogP contribution in [0.1, 0.15) is 17.0 Å². The molecule has 0 saturated carbocycles. The molecule has 0 radical (unpaired) electrons. The zero-order chi connectivity index (χ0) is 15.4. The van der Waals surface area contributed by atoms with Crippen molar-refractivity contribution in [2.24, 2.45) is 0 Å². The van der Waals surface area contributed by atoms with Crippen molar-refractivity contribution < 1.29 is 10.0 Å². The molecule has 0 spiro atoms. The fourth-order valence-electron chi connectivity index (χ4n) is 2.14. The van der Waals surface area contributed by atoms with Gasteiger partial charge in [-0.15, -0.1) is 0 Å². The van der Waals surface area contributed by atoms with Gasteiger partial charge in [-0.05, 0) is 23.3 Å². The van der Waals surface area contributed by atoms with Gasteiger partial charge in [-0.1, -0.05) is 24.3 Å². The van der Waals surface area contributed by atoms with Crippen LogP contribution in [0.2, 0.25) is 0 Å². The van der Waals surface area contributed by atoms with Gasteiger partial charge in [0.1, 0.15) is 5.82 Å². The van der Waals surface area contributed by atoms with Gasteiger partial charge < -0.3 is 4.98 Å². The molecule has 2 heterocycles. The SMILES string of the molecule is O=C(/C=C/c1ccc(Cc2nc3ccncc3[nH]2)cc1)NO. The number of fused-ring (bicyclic) bond motifs is 1. The molecule has 0 bridgehead atoms. The number of carbonyl (C=O) groups is 1. The number of amides is 1. The minimum Gasteiger partial charge on any atom is -0.340 e. The molecule has 1 amide bonds. The summed E-state index contributed by atoms with van der Waals surface area (Å²) >= 11 is 0. The predicted octanol–water partition coefficient (Wildman–Crippen LogP) is 2.07. The number of aromatic nitrogens is 3. The van der Waals surface area contributed by atoms with Crippen molar-refractivity contribution in [2.45, 2.75) is 6.42 Å². The standard InChI is InChI=1S/C16H14N4O2/c21-16(20-22)6-5-11-1-3-12(4-2-11)9-15-18-13-7-8-17-10-14(13)19-15/h1-8,10,22H,9H2,(H,18,19)(H,20,21)/b6-5+. The molecular formula is C16H14N4O2. The largest absolute Gasteiger partial charge is 0.340 e. The molecule has 0 atom stereocenters. The Balaban J connectivity index is 1.73. The summed E-state index contributed by atoms with van der Waals surface area (Å²) in [6.07, 6.45) is 7.06. The van der Waals surface area contributed by atoms with E-state index in [9.17, 15) is 4.79 Å². The number of imidazole rings is 1. The average Bonchev–Trinajstić information content (AvgIpc) is 2.96. The van der Waals surface area contributed by atoms with Crippen LogP contribution < -0.4 is 5.48 Å². The Kier molecular flexibility index (Phi) is 3.93. The van der Waals surface area contributed by atoms with Gasteiger partial charge in [-0.2, -0.15) is 0 Å². The monoisotopic (exact) mass is 294 g/mol. The van der Waals surface area contributed by atoms with Gasteiger partial charge in [0.05, 0.1) is 17.2 Å². The lowest BCUT2D eigenvalue weighted by atomic mass is 10.1. The predicted molar refractivity (Wildman–Crippen MR) is 82.1 cm³/mol. The lowest BCUT2D eigenvalue weighted by Gasteiger charge is -1.99. The highest BCUT2D eigenvalue weighted by atomic mass is 16.5. The van der Waals surface area contributed by atoms with E-state index in [0.29, 0.717) is 6.42 Å². The second kappa shape index (κ2) is 6.19. The molecule has 2 aromatic heterocycles. The topological polar surface area (TPSA) is 90.9 Å². The summed E-state index contributed by atoms with van der Waals surface area (Å²) < 4.78 is 0. The third kappa shape index (κ3) is 3.18. The molecule has 0 aliphatic heterocycles. The van der Waals surface area contributed by atoms with Gasteiger partial charge in [-0.3, -0.25) is 15.0 Å². The lowest BCUT2D eigenvalue weighted by Crippen LogP contribution is -2.14. The summed E-state index contributed by atoms with van der Waals surface area (Å²) in [6.45, 7) is 0. The maximum atomic E-state index is 10.9. The summed E-state index contributed by atoms with van der Waals surface area (Å²) in [4.78, 5) is 22.7. The van der Waals surface area contributed by atoms with E-state index in [2.05, 4.69) is 15.0 Å². The first-order chi connectivity index (χ1) is 10.7. The normalized spacial score (nSPS) is 11.1. The Morgan fingerprint density at radius 3 is 2.82 bits per heavy atom. The number of hydrogen-bond acceptors (Lipinski definition) is 4. The Labute approximate surface area is 126 Å². The highest BCUT2D eigenvalue weighted by molar-refractivity contribution is 5.90. The zero-order valence-corrected chi connectivity index (χ0v) is 11.7. The molecule has 0 unspecified atom stereocenters. The summed E-state index contributed by atoms with van der Waals surface area (Å²) in [5.74, 6) is 0.325. The van der Waals surface area contributed by atoms with E-state index in [1.54, 1.807) is 23.9 Å². The van der Waals surface area contributed by atoms with Gasteiger partial charge in [0.2, 0.25) is 0 Å². The molecule has 110 valence electrons. The van der Waals surface area contributed by atoms with E-state index in [-0.39, 0.29) is 0 Å². The van der Waals surface area contributed by atoms with Gasteiger partial charge >= 0.3 is 0 Å². The number of hydrogen-bond donors (Lipinski definition) is 3. The number of rotatable bonds is 4. The number of nitrogens with zero attached hydrogens (tertiary/aromatic N) is 2. The summed E-state index contributed by atoms with van der Waals surface area (Å²) in [7, 11) is 0. The van der Waals surface area contributed by atoms with Crippen LogP contribution in [0.3, 0.4) is 0 Å². The molecule has 3 rings (SSSR count). The van der Waals surface area contributed by atoms with Gasteiger partial charge in [0.25, 0.3) is 5.91 Å². The number of benzene rings is 1. The number of carbonyl (C=O) groups excluding carboxylic acids is 1. The van der Waals surface area contributed by atoms with Crippen LogP contribution >= 0.6 is 0 Å². The molecule has 1 aromatic carbocycles. The Morgan fingerprint density at radius 2 is 2.09 bits per heavy atom. The first-order valence-electron chi connectivity index (χ1n) is 6.74. The second-order valence-corrected chi connectivity index (χ2v) is 4.80. The number of nitrogens with one attached hydrogen (secondary N) is 2. The lowest BCUT2D eigenvalue weighted by molar-refractivity contribution is -0.124. The van der Waals surface area contributed by atoms with Crippen LogP contribution in [-0.4, -0.2) is 26.1 Å². The Morgan fingerprint density at radius 1 is 1.27 bits per heavy atom. The third-order valence-electron chi connectivity index (χ3n) is 3.22. The van der Waals surface area contributed by atoms with Crippen LogP contribution in [0.5, 0.6) is 0 Å². The number of H-pyrrole nitrogens is 1. The molecule has 0 aliphatic rings. The fraction of sp³-hybridized carbons (Fsp3) is 0.0625. The first-order valence-corrected chi connectivity index (χ1v) is 6.74. The highest BCUT2D eigenvalue weighted by Gasteiger charge is 2.03. The summed E-state index contributed by atoms with van der Waals surface area (Å²) in [5.41, 5.74) is 5.36. The van der Waals surface area contributed by atoms with E-state index >= 15 is 0 Å². The molecule has 3 N–H and O–H groups in total. The average molecular weight is 294 g/mol. The van der Waals surface area contributed by atoms with Crippen LogP contribution in [0, 0.1) is 0 Å². The maximum Gasteiger partial charge on any atom is 0.267 e. The molecule has 3 aromatic rings. The van der Waals surface area contributed by atoms with E-state index in [1.165, 1.54) is 6.08 Å². The van der Waals surface area contributed by atoms with Crippen LogP contribution in [-0.2, 0) is 11.2 Å². The molecule has 0 fully saturated rings. The van der Waals surface area contributed by atoms with Crippen LogP contribution in [0.4, 0.5) is 0 Å². The Hall–Kier alpha value is -2.99. The van der Waals surface area contributed by atoms with E-state index < -0.39 is 5.91 Å². The molecule has 0 saturated heterocycles. The smallest absolute Gasteiger partial charge is 0.267 e. The minimum absolute atomic E-state index is 0.556. The molecule has 6 heteroatoms. The molecule has 22 heavy (non-hydrogen) atoms. The second-order valence-electron chi connectivity index (χ2n) is 4.80. The molecule has 6 nitrogen and oxygen atoms in total. The van der Waals surface area contributed by atoms with Gasteiger partial charge in [0, 0.05) is 18.7 Å². The summed E-state index contributed by atoms with van der Waals surface area (Å²) in [5, 5.41) is 8.42. The number of pyridine rings is 1. The minimum atomic E-state index is -0.556. The van der Waals surface area contributed by atoms with Crippen molar-refractivity contribution in [3.05, 3.63) is 65.8 Å². The first kappa shape index (κ1) is 14.0. The van der Waals surface area contributed by atoms with Crippen molar-refractivity contribution in [2.75, 3.05) is 0 Å². The van der Waals surface area contributed by atoms with Crippen molar-refractivity contribution >= 4 is 23.0 Å². The van der Waals surface area contributed by atoms with Crippen LogP contribution in [0.25, 0.3) is 17.1 Å². The maximum absolute atomic E-state index is 10.9. The van der Waals surface area contributed by atoms with Crippen molar-refractivity contribution in [1.82, 2.24) is 20.4 Å². The molecule has 0 aliphatic carbocycles. The highest BCUT2D eigenvalue weighted by Crippen LogP contribution is 2.13. The van der Waals surface area contributed by atoms with Gasteiger partial charge in [-0.25, -0.2) is 10.5 Å². The number of hydroxylamine groups is 1. The summed E-state index contributed by atoms with van der Waals surface area (Å²) in [6, 6.07) is 9.63. The Bertz CT molecular complexity index is 789. The van der Waals surface area contributed by atoms with E-state index in [1.807, 2.05) is 30.3 Å². The van der Waals surface area contributed by atoms with E-state index in [0.717, 1.165) is 28.0 Å². The zero-order valence-electron chi connectivity index (χ0n) is 11.7. The van der Waals surface area contributed by atoms with Gasteiger partial charge in [0.15, 0.2) is 0 Å². The van der Waals surface area contributed by atoms with Crippen molar-refractivity contribution in [3.63, 3.8) is 0 Å². The fourth-order valence-corrected chi connectivity index (χ4v) is 2.14. The number of aromatic amines is 1. The van der Waals surface area contributed by atoms with E-state index in [4.69, 9.17) is 5.21 Å². The van der Waals surface area contributed by atoms with Crippen molar-refractivity contribution in [1.29, 1.82) is 0 Å². The molecular weight excluding hydrogens is 280 g/mol. The van der Waals surface area contributed by atoms with Crippen molar-refractivity contribution in [3.8, 4) is 0 Å².